The first-order valence-electron chi connectivity index (χ1n) is 5.71. The average Bonchev–Trinajstić information content (AvgIpc) is 2.63. The van der Waals surface area contributed by atoms with Gasteiger partial charge in [0.15, 0.2) is 0 Å². The summed E-state index contributed by atoms with van der Waals surface area (Å²) in [6, 6.07) is 0. The molecule has 1 aromatic heterocycles. The van der Waals surface area contributed by atoms with E-state index in [4.69, 9.17) is 11.6 Å². The van der Waals surface area contributed by atoms with Crippen molar-refractivity contribution in [2.24, 2.45) is 5.92 Å². The summed E-state index contributed by atoms with van der Waals surface area (Å²) < 4.78 is 1.95. The van der Waals surface area contributed by atoms with Crippen molar-refractivity contribution in [3.05, 3.63) is 11.9 Å². The van der Waals surface area contributed by atoms with E-state index in [1.165, 1.54) is 12.8 Å². The molecule has 1 aromatic rings. The Hall–Kier alpha value is -0.570. The Balaban J connectivity index is 2.38. The maximum atomic E-state index is 5.63. The molecule has 0 N–H and O–H groups in total. The highest BCUT2D eigenvalue weighted by Gasteiger charge is 2.04. The standard InChI is InChI=1S/C11H20ClN3/c1-3-5-10(2)8-15-9-11(13-14-15)6-4-7-12/h9-10H,3-8H2,1-2H3. The number of rotatable bonds is 7. The van der Waals surface area contributed by atoms with Crippen molar-refractivity contribution in [3.63, 3.8) is 0 Å². The van der Waals surface area contributed by atoms with Crippen molar-refractivity contribution in [1.29, 1.82) is 0 Å². The van der Waals surface area contributed by atoms with Gasteiger partial charge in [0.1, 0.15) is 0 Å². The lowest BCUT2D eigenvalue weighted by Crippen LogP contribution is -2.07. The highest BCUT2D eigenvalue weighted by molar-refractivity contribution is 6.17. The zero-order valence-electron chi connectivity index (χ0n) is 9.62. The molecule has 0 fully saturated rings. The van der Waals surface area contributed by atoms with Crippen LogP contribution in [0.25, 0.3) is 0 Å². The Labute approximate surface area is 96.8 Å². The molecule has 0 spiro atoms. The molecule has 0 radical (unpaired) electrons. The lowest BCUT2D eigenvalue weighted by molar-refractivity contribution is 0.414. The normalized spacial score (nSPS) is 13.0. The van der Waals surface area contributed by atoms with Crippen molar-refractivity contribution in [2.45, 2.75) is 46.1 Å². The summed E-state index contributed by atoms with van der Waals surface area (Å²) in [5, 5.41) is 8.24. The van der Waals surface area contributed by atoms with Crippen LogP contribution < -0.4 is 0 Å². The van der Waals surface area contributed by atoms with E-state index in [2.05, 4.69) is 24.2 Å². The number of nitrogens with zero attached hydrogens (tertiary/aromatic N) is 3. The van der Waals surface area contributed by atoms with Gasteiger partial charge < -0.3 is 0 Å². The van der Waals surface area contributed by atoms with E-state index in [1.54, 1.807) is 0 Å². The van der Waals surface area contributed by atoms with Gasteiger partial charge in [-0.3, -0.25) is 4.68 Å². The third kappa shape index (κ3) is 4.65. The zero-order chi connectivity index (χ0) is 11.1. The summed E-state index contributed by atoms with van der Waals surface area (Å²) in [4.78, 5) is 0. The second-order valence-electron chi connectivity index (χ2n) is 4.12. The largest absolute Gasteiger partial charge is 0.252 e. The number of hydrogen-bond donors (Lipinski definition) is 0. The maximum absolute atomic E-state index is 5.63. The predicted molar refractivity (Wildman–Crippen MR) is 63.1 cm³/mol. The molecule has 0 aliphatic carbocycles. The van der Waals surface area contributed by atoms with Gasteiger partial charge in [-0.15, -0.1) is 16.7 Å². The van der Waals surface area contributed by atoms with E-state index < -0.39 is 0 Å². The van der Waals surface area contributed by atoms with Crippen molar-refractivity contribution >= 4 is 11.6 Å². The number of hydrogen-bond acceptors (Lipinski definition) is 2. The molecule has 4 heteroatoms. The fraction of sp³-hybridized carbons (Fsp3) is 0.818. The Morgan fingerprint density at radius 3 is 3.00 bits per heavy atom. The van der Waals surface area contributed by atoms with E-state index in [1.807, 2.05) is 10.9 Å². The molecule has 1 atom stereocenters. The van der Waals surface area contributed by atoms with E-state index >= 15 is 0 Å². The second kappa shape index (κ2) is 6.83. The first kappa shape index (κ1) is 12.5. The molecule has 1 rings (SSSR count). The van der Waals surface area contributed by atoms with Crippen LogP contribution in [0.15, 0.2) is 6.20 Å². The van der Waals surface area contributed by atoms with Gasteiger partial charge in [0.25, 0.3) is 0 Å². The lowest BCUT2D eigenvalue weighted by atomic mass is 10.1. The number of aryl methyl sites for hydroxylation is 1. The zero-order valence-corrected chi connectivity index (χ0v) is 10.4. The Morgan fingerprint density at radius 1 is 1.53 bits per heavy atom. The van der Waals surface area contributed by atoms with Crippen LogP contribution in [-0.2, 0) is 13.0 Å². The smallest absolute Gasteiger partial charge is 0.0827 e. The van der Waals surface area contributed by atoms with Crippen LogP contribution >= 0.6 is 11.6 Å². The van der Waals surface area contributed by atoms with Crippen LogP contribution in [-0.4, -0.2) is 20.9 Å². The van der Waals surface area contributed by atoms with Crippen molar-refractivity contribution in [2.75, 3.05) is 5.88 Å². The minimum atomic E-state index is 0.678. The molecule has 15 heavy (non-hydrogen) atoms. The Bertz CT molecular complexity index is 273. The fourth-order valence-corrected chi connectivity index (χ4v) is 1.83. The van der Waals surface area contributed by atoms with E-state index in [-0.39, 0.29) is 0 Å². The highest BCUT2D eigenvalue weighted by atomic mass is 35.5. The number of halogens is 1. The lowest BCUT2D eigenvalue weighted by Gasteiger charge is -2.08. The SMILES string of the molecule is CCCC(C)Cn1cc(CCCCl)nn1. The molecule has 3 nitrogen and oxygen atoms in total. The molecule has 0 bridgehead atoms. The molecule has 0 aliphatic heterocycles. The summed E-state index contributed by atoms with van der Waals surface area (Å²) in [6.07, 6.45) is 6.43. The van der Waals surface area contributed by atoms with E-state index in [0.717, 1.165) is 25.1 Å². The summed E-state index contributed by atoms with van der Waals surface area (Å²) >= 11 is 5.63. The second-order valence-corrected chi connectivity index (χ2v) is 4.50. The minimum Gasteiger partial charge on any atom is -0.252 e. The molecule has 0 saturated carbocycles. The molecule has 0 aromatic carbocycles. The molecule has 0 saturated heterocycles. The van der Waals surface area contributed by atoms with Crippen molar-refractivity contribution in [1.82, 2.24) is 15.0 Å². The Morgan fingerprint density at radius 2 is 2.33 bits per heavy atom. The highest BCUT2D eigenvalue weighted by Crippen LogP contribution is 2.08. The van der Waals surface area contributed by atoms with Crippen LogP contribution in [0, 0.1) is 5.92 Å². The first-order valence-corrected chi connectivity index (χ1v) is 6.24. The molecular weight excluding hydrogens is 210 g/mol. The van der Waals surface area contributed by atoms with Crippen molar-refractivity contribution < 1.29 is 0 Å². The van der Waals surface area contributed by atoms with Gasteiger partial charge in [0, 0.05) is 18.6 Å². The van der Waals surface area contributed by atoms with Crippen LogP contribution in [0.2, 0.25) is 0 Å². The monoisotopic (exact) mass is 229 g/mol. The molecule has 1 unspecified atom stereocenters. The van der Waals surface area contributed by atoms with Crippen LogP contribution in [0.3, 0.4) is 0 Å². The van der Waals surface area contributed by atoms with Gasteiger partial charge in [0.05, 0.1) is 5.69 Å². The predicted octanol–water partition coefficient (Wildman–Crippen LogP) is 2.89. The third-order valence-electron chi connectivity index (χ3n) is 2.43. The van der Waals surface area contributed by atoms with Crippen LogP contribution in [0.4, 0.5) is 0 Å². The minimum absolute atomic E-state index is 0.678. The molecular formula is C11H20ClN3. The summed E-state index contributed by atoms with van der Waals surface area (Å²) in [7, 11) is 0. The fourth-order valence-electron chi connectivity index (χ4n) is 1.69. The quantitative estimate of drug-likeness (QED) is 0.674. The maximum Gasteiger partial charge on any atom is 0.0827 e. The van der Waals surface area contributed by atoms with Gasteiger partial charge in [0.2, 0.25) is 0 Å². The van der Waals surface area contributed by atoms with Gasteiger partial charge in [-0.25, -0.2) is 0 Å². The van der Waals surface area contributed by atoms with Gasteiger partial charge >= 0.3 is 0 Å². The van der Waals surface area contributed by atoms with Gasteiger partial charge in [-0.1, -0.05) is 25.5 Å². The number of aromatic nitrogens is 3. The average molecular weight is 230 g/mol. The number of alkyl halides is 1. The summed E-state index contributed by atoms with van der Waals surface area (Å²) in [6.45, 7) is 5.44. The third-order valence-corrected chi connectivity index (χ3v) is 2.70. The molecule has 0 aliphatic rings. The molecule has 0 amide bonds. The van der Waals surface area contributed by atoms with Gasteiger partial charge in [-0.2, -0.15) is 0 Å². The van der Waals surface area contributed by atoms with Gasteiger partial charge in [-0.05, 0) is 25.2 Å². The topological polar surface area (TPSA) is 30.7 Å². The molecule has 86 valence electrons. The molecule has 1 heterocycles. The van der Waals surface area contributed by atoms with E-state index in [0.29, 0.717) is 11.8 Å². The summed E-state index contributed by atoms with van der Waals surface area (Å²) in [5.74, 6) is 1.37. The van der Waals surface area contributed by atoms with E-state index in [9.17, 15) is 0 Å². The van der Waals surface area contributed by atoms with Crippen LogP contribution in [0.5, 0.6) is 0 Å². The van der Waals surface area contributed by atoms with Crippen LogP contribution in [0.1, 0.15) is 38.8 Å². The summed E-state index contributed by atoms with van der Waals surface area (Å²) in [5.41, 5.74) is 1.05. The Kier molecular flexibility index (Phi) is 5.69. The van der Waals surface area contributed by atoms with Crippen molar-refractivity contribution in [3.8, 4) is 0 Å². The first-order chi connectivity index (χ1) is 7.26.